The molecule has 0 atom stereocenters. The van der Waals surface area contributed by atoms with Crippen molar-refractivity contribution in [1.82, 2.24) is 24.5 Å². The summed E-state index contributed by atoms with van der Waals surface area (Å²) >= 11 is 0. The number of carboxylic acid groups (broad SMARTS) is 1. The molecule has 1 aliphatic heterocycles. The fraction of sp³-hybridized carbons (Fsp3) is 0.400. The molecule has 0 saturated carbocycles. The number of likely N-dealkylation sites (tertiary alicyclic amines) is 1. The molecule has 3 heterocycles. The van der Waals surface area contributed by atoms with Gasteiger partial charge in [-0.1, -0.05) is 18.2 Å². The number of halogens is 3. The van der Waals surface area contributed by atoms with Crippen molar-refractivity contribution >= 4 is 22.8 Å². The molecule has 11 heteroatoms. The van der Waals surface area contributed by atoms with Crippen LogP contribution in [0.25, 0.3) is 10.9 Å². The summed E-state index contributed by atoms with van der Waals surface area (Å²) in [6.07, 6.45) is -3.51. The molecule has 3 aromatic rings. The van der Waals surface area contributed by atoms with Gasteiger partial charge in [0.2, 0.25) is 5.91 Å². The lowest BCUT2D eigenvalue weighted by Gasteiger charge is -2.33. The maximum atomic E-state index is 13.4. The van der Waals surface area contributed by atoms with Gasteiger partial charge >= 0.3 is 12.1 Å². The smallest absolute Gasteiger partial charge is 0.433 e. The summed E-state index contributed by atoms with van der Waals surface area (Å²) in [5, 5.41) is 18.1. The van der Waals surface area contributed by atoms with E-state index in [0.717, 1.165) is 21.8 Å². The van der Waals surface area contributed by atoms with Crippen LogP contribution in [0.2, 0.25) is 0 Å². The lowest BCUT2D eigenvalue weighted by Crippen LogP contribution is -2.40. The number of amides is 1. The normalized spacial score (nSPS) is 15.5. The van der Waals surface area contributed by atoms with Crippen molar-refractivity contribution in [2.45, 2.75) is 31.5 Å². The summed E-state index contributed by atoms with van der Waals surface area (Å²) in [5.41, 5.74) is -0.558. The van der Waals surface area contributed by atoms with Crippen LogP contribution in [0.3, 0.4) is 0 Å². The number of fused-ring (bicyclic) bond motifs is 1. The molecule has 1 N–H and O–H groups in total. The number of para-hydroxylation sites is 1. The topological polar surface area (TPSA) is 93.3 Å². The summed E-state index contributed by atoms with van der Waals surface area (Å²) in [6, 6.07) is 6.94. The molecular weight excluding hydrogens is 415 g/mol. The van der Waals surface area contributed by atoms with Crippen LogP contribution < -0.4 is 0 Å². The minimum atomic E-state index is -4.84. The first-order valence-corrected chi connectivity index (χ1v) is 9.73. The Bertz CT molecular complexity index is 1140. The van der Waals surface area contributed by atoms with E-state index in [0.29, 0.717) is 5.69 Å². The number of hydrogen-bond acceptors (Lipinski definition) is 4. The van der Waals surface area contributed by atoms with Crippen molar-refractivity contribution in [1.29, 1.82) is 0 Å². The number of carbonyl (C=O) groups excluding carboxylic acids is 1. The van der Waals surface area contributed by atoms with E-state index in [2.05, 4.69) is 10.2 Å². The van der Waals surface area contributed by atoms with Gasteiger partial charge in [-0.25, -0.2) is 4.79 Å². The predicted octanol–water partition coefficient (Wildman–Crippen LogP) is 2.89. The maximum Gasteiger partial charge on any atom is 0.433 e. The third-order valence-electron chi connectivity index (χ3n) is 5.61. The second kappa shape index (κ2) is 7.71. The molecule has 0 aliphatic carbocycles. The van der Waals surface area contributed by atoms with E-state index in [1.54, 1.807) is 16.6 Å². The van der Waals surface area contributed by atoms with Gasteiger partial charge in [0.25, 0.3) is 0 Å². The maximum absolute atomic E-state index is 13.4. The Kier molecular flexibility index (Phi) is 5.19. The first-order valence-electron chi connectivity index (χ1n) is 9.73. The van der Waals surface area contributed by atoms with Gasteiger partial charge in [-0.2, -0.15) is 23.4 Å². The van der Waals surface area contributed by atoms with Gasteiger partial charge < -0.3 is 10.0 Å². The SMILES string of the molecule is Cn1nc(CC(=O)N2CCC(n3ncc(C(=O)O)c3C(F)(F)F)CC2)c2ccccc21. The third-order valence-corrected chi connectivity index (χ3v) is 5.61. The Labute approximate surface area is 174 Å². The number of carboxylic acids is 1. The van der Waals surface area contributed by atoms with Crippen molar-refractivity contribution in [3.8, 4) is 0 Å². The van der Waals surface area contributed by atoms with Gasteiger partial charge in [-0.05, 0) is 18.9 Å². The van der Waals surface area contributed by atoms with Gasteiger partial charge in [0.15, 0.2) is 5.69 Å². The molecule has 8 nitrogen and oxygen atoms in total. The van der Waals surface area contributed by atoms with Gasteiger partial charge in [-0.15, -0.1) is 0 Å². The highest BCUT2D eigenvalue weighted by Gasteiger charge is 2.42. The number of aryl methyl sites for hydroxylation is 1. The zero-order valence-electron chi connectivity index (χ0n) is 16.6. The first kappa shape index (κ1) is 20.9. The number of piperidine rings is 1. The van der Waals surface area contributed by atoms with E-state index in [1.165, 1.54) is 0 Å². The molecule has 2 aromatic heterocycles. The van der Waals surface area contributed by atoms with E-state index in [9.17, 15) is 22.8 Å². The largest absolute Gasteiger partial charge is 0.478 e. The summed E-state index contributed by atoms with van der Waals surface area (Å²) in [4.78, 5) is 25.5. The lowest BCUT2D eigenvalue weighted by atomic mass is 10.0. The molecule has 0 radical (unpaired) electrons. The highest BCUT2D eigenvalue weighted by Crippen LogP contribution is 2.36. The van der Waals surface area contributed by atoms with Gasteiger partial charge in [0.05, 0.1) is 29.9 Å². The van der Waals surface area contributed by atoms with Crippen molar-refractivity contribution in [2.75, 3.05) is 13.1 Å². The van der Waals surface area contributed by atoms with E-state index in [-0.39, 0.29) is 38.3 Å². The molecule has 0 spiro atoms. The number of rotatable bonds is 4. The van der Waals surface area contributed by atoms with Crippen molar-refractivity contribution in [2.24, 2.45) is 7.05 Å². The Balaban J connectivity index is 1.47. The third kappa shape index (κ3) is 3.87. The molecule has 4 rings (SSSR count). The van der Waals surface area contributed by atoms with Crippen LogP contribution in [0.5, 0.6) is 0 Å². The molecule has 1 amide bonds. The second-order valence-corrected chi connectivity index (χ2v) is 7.53. The molecule has 1 saturated heterocycles. The molecule has 1 aliphatic rings. The quantitative estimate of drug-likeness (QED) is 0.680. The Hall–Kier alpha value is -3.37. The molecule has 0 bridgehead atoms. The number of aromatic nitrogens is 4. The van der Waals surface area contributed by atoms with Crippen molar-refractivity contribution in [3.63, 3.8) is 0 Å². The van der Waals surface area contributed by atoms with Crippen LogP contribution in [0.4, 0.5) is 13.2 Å². The minimum Gasteiger partial charge on any atom is -0.478 e. The number of carbonyl (C=O) groups is 2. The molecule has 164 valence electrons. The fourth-order valence-electron chi connectivity index (χ4n) is 4.11. The Morgan fingerprint density at radius 3 is 2.52 bits per heavy atom. The van der Waals surface area contributed by atoms with Gasteiger partial charge in [0.1, 0.15) is 5.56 Å². The second-order valence-electron chi connectivity index (χ2n) is 7.53. The highest BCUT2D eigenvalue weighted by molar-refractivity contribution is 5.89. The van der Waals surface area contributed by atoms with Crippen LogP contribution in [-0.4, -0.2) is 54.5 Å². The van der Waals surface area contributed by atoms with Gasteiger partial charge in [-0.3, -0.25) is 14.2 Å². The number of aromatic carboxylic acids is 1. The van der Waals surface area contributed by atoms with Crippen molar-refractivity contribution in [3.05, 3.63) is 47.4 Å². The van der Waals surface area contributed by atoms with Crippen LogP contribution in [0.15, 0.2) is 30.5 Å². The van der Waals surface area contributed by atoms with E-state index >= 15 is 0 Å². The number of nitrogens with zero attached hydrogens (tertiary/aromatic N) is 5. The number of benzene rings is 1. The average molecular weight is 435 g/mol. The van der Waals surface area contributed by atoms with E-state index in [1.807, 2.05) is 24.3 Å². The van der Waals surface area contributed by atoms with E-state index < -0.39 is 29.4 Å². The summed E-state index contributed by atoms with van der Waals surface area (Å²) in [5.74, 6) is -1.82. The first-order chi connectivity index (χ1) is 14.7. The fourth-order valence-corrected chi connectivity index (χ4v) is 4.11. The predicted molar refractivity (Wildman–Crippen MR) is 103 cm³/mol. The summed E-state index contributed by atoms with van der Waals surface area (Å²) in [7, 11) is 1.80. The molecule has 1 fully saturated rings. The van der Waals surface area contributed by atoms with Gasteiger partial charge in [0, 0.05) is 25.5 Å². The highest BCUT2D eigenvalue weighted by atomic mass is 19.4. The average Bonchev–Trinajstić information content (AvgIpc) is 3.31. The molecule has 1 aromatic carbocycles. The Morgan fingerprint density at radius 1 is 1.19 bits per heavy atom. The zero-order chi connectivity index (χ0) is 22.3. The summed E-state index contributed by atoms with van der Waals surface area (Å²) < 4.78 is 42.8. The standard InChI is InChI=1S/C20H20F3N5O3/c1-26-16-5-3-2-4-13(16)15(25-26)10-17(29)27-8-6-12(7-9-27)28-18(20(21,22)23)14(11-24-28)19(30)31/h2-5,11-12H,6-10H2,1H3,(H,30,31). The van der Waals surface area contributed by atoms with Crippen LogP contribution >= 0.6 is 0 Å². The summed E-state index contributed by atoms with van der Waals surface area (Å²) in [6.45, 7) is 0.516. The van der Waals surface area contributed by atoms with Crippen LogP contribution in [-0.2, 0) is 24.4 Å². The number of alkyl halides is 3. The van der Waals surface area contributed by atoms with E-state index in [4.69, 9.17) is 5.11 Å². The van der Waals surface area contributed by atoms with Crippen molar-refractivity contribution < 1.29 is 27.9 Å². The van der Waals surface area contributed by atoms with Crippen LogP contribution in [0.1, 0.15) is 40.6 Å². The monoisotopic (exact) mass is 435 g/mol. The molecular formula is C20H20F3N5O3. The minimum absolute atomic E-state index is 0.102. The lowest BCUT2D eigenvalue weighted by molar-refractivity contribution is -0.146. The van der Waals surface area contributed by atoms with Crippen LogP contribution in [0, 0.1) is 0 Å². The number of hydrogen-bond donors (Lipinski definition) is 1. The zero-order valence-corrected chi connectivity index (χ0v) is 16.6. The Morgan fingerprint density at radius 2 is 1.87 bits per heavy atom. The molecule has 0 unspecified atom stereocenters. The molecule has 31 heavy (non-hydrogen) atoms.